The summed E-state index contributed by atoms with van der Waals surface area (Å²) in [6.45, 7) is 3.88. The Bertz CT molecular complexity index is 771. The van der Waals surface area contributed by atoms with Gasteiger partial charge >= 0.3 is 19.8 Å². The second-order valence-electron chi connectivity index (χ2n) is 13.1. The van der Waals surface area contributed by atoms with Crippen LogP contribution in [0, 0.1) is 0 Å². The molecule has 47 heavy (non-hydrogen) atoms. The molecule has 0 aliphatic rings. The fraction of sp³-hybridized carbons (Fsp3) is 0.944. The standard InChI is InChI=1S/C36H72NO9P/c1-3-5-7-9-11-13-15-16-17-18-19-21-23-25-27-29-43-30-33(31-44-47(41,42)45-32-34(37)36(39)40)46-35(38)28-26-24-22-20-14-12-10-8-6-4-2/h33-34H,3-32,37H2,1-2H3,(H,39,40)(H,41,42). The van der Waals surface area contributed by atoms with Gasteiger partial charge in [-0.05, 0) is 12.8 Å². The first kappa shape index (κ1) is 46.0. The maximum absolute atomic E-state index is 12.5. The zero-order valence-corrected chi connectivity index (χ0v) is 31.0. The van der Waals surface area contributed by atoms with Crippen molar-refractivity contribution in [3.63, 3.8) is 0 Å². The third-order valence-corrected chi connectivity index (χ3v) is 9.34. The van der Waals surface area contributed by atoms with E-state index in [1.165, 1.54) is 122 Å². The van der Waals surface area contributed by atoms with Gasteiger partial charge in [0.2, 0.25) is 0 Å². The van der Waals surface area contributed by atoms with E-state index in [9.17, 15) is 19.0 Å². The number of carbonyl (C=O) groups excluding carboxylic acids is 1. The summed E-state index contributed by atoms with van der Waals surface area (Å²) >= 11 is 0. The zero-order chi connectivity index (χ0) is 34.9. The molecule has 3 atom stereocenters. The lowest BCUT2D eigenvalue weighted by Crippen LogP contribution is -2.34. The zero-order valence-electron chi connectivity index (χ0n) is 30.1. The van der Waals surface area contributed by atoms with Gasteiger partial charge in [-0.25, -0.2) is 4.57 Å². The summed E-state index contributed by atoms with van der Waals surface area (Å²) in [6.07, 6.45) is 30.1. The minimum atomic E-state index is -4.60. The molecule has 4 N–H and O–H groups in total. The summed E-state index contributed by atoms with van der Waals surface area (Å²) in [6, 6.07) is -1.47. The molecule has 10 nitrogen and oxygen atoms in total. The van der Waals surface area contributed by atoms with Crippen LogP contribution in [0.4, 0.5) is 0 Å². The molecular weight excluding hydrogens is 621 g/mol. The van der Waals surface area contributed by atoms with Crippen LogP contribution in [0.1, 0.15) is 181 Å². The number of carbonyl (C=O) groups is 2. The van der Waals surface area contributed by atoms with E-state index in [1.54, 1.807) is 0 Å². The highest BCUT2D eigenvalue weighted by molar-refractivity contribution is 7.47. The second-order valence-corrected chi connectivity index (χ2v) is 14.5. The summed E-state index contributed by atoms with van der Waals surface area (Å²) in [7, 11) is -4.60. The van der Waals surface area contributed by atoms with Crippen molar-refractivity contribution in [1.29, 1.82) is 0 Å². The van der Waals surface area contributed by atoms with Gasteiger partial charge in [-0.1, -0.05) is 162 Å². The largest absolute Gasteiger partial charge is 0.480 e. The SMILES string of the molecule is CCCCCCCCCCCCCCCCCOCC(COP(=O)(O)OCC(N)C(=O)O)OC(=O)CCCCCCCCCCCC. The van der Waals surface area contributed by atoms with Gasteiger partial charge in [-0.2, -0.15) is 0 Å². The van der Waals surface area contributed by atoms with Crippen molar-refractivity contribution < 1.29 is 42.7 Å². The summed E-state index contributed by atoms with van der Waals surface area (Å²) in [4.78, 5) is 33.3. The molecule has 0 saturated heterocycles. The molecule has 0 aliphatic carbocycles. The number of ether oxygens (including phenoxy) is 2. The van der Waals surface area contributed by atoms with Crippen LogP contribution in [0.3, 0.4) is 0 Å². The van der Waals surface area contributed by atoms with Crippen molar-refractivity contribution in [2.45, 2.75) is 193 Å². The highest BCUT2D eigenvalue weighted by Gasteiger charge is 2.27. The average molecular weight is 694 g/mol. The molecule has 0 heterocycles. The van der Waals surface area contributed by atoms with Gasteiger partial charge in [0.25, 0.3) is 0 Å². The molecule has 0 aromatic carbocycles. The highest BCUT2D eigenvalue weighted by Crippen LogP contribution is 2.43. The van der Waals surface area contributed by atoms with Crippen molar-refractivity contribution in [3.8, 4) is 0 Å². The van der Waals surface area contributed by atoms with Gasteiger partial charge in [0.1, 0.15) is 12.1 Å². The first-order valence-electron chi connectivity index (χ1n) is 19.1. The fourth-order valence-electron chi connectivity index (χ4n) is 5.37. The summed E-state index contributed by atoms with van der Waals surface area (Å²) in [5, 5.41) is 8.85. The third-order valence-electron chi connectivity index (χ3n) is 8.39. The molecule has 0 fully saturated rings. The van der Waals surface area contributed by atoms with Crippen LogP contribution in [0.15, 0.2) is 0 Å². The molecule has 0 aromatic heterocycles. The van der Waals surface area contributed by atoms with Crippen LogP contribution in [-0.4, -0.2) is 60.5 Å². The number of nitrogens with two attached hydrogens (primary N) is 1. The van der Waals surface area contributed by atoms with Gasteiger partial charge in [0.05, 0.1) is 19.8 Å². The Balaban J connectivity index is 4.24. The lowest BCUT2D eigenvalue weighted by molar-refractivity contribution is -0.154. The van der Waals surface area contributed by atoms with E-state index in [1.807, 2.05) is 0 Å². The van der Waals surface area contributed by atoms with E-state index in [-0.39, 0.29) is 13.0 Å². The van der Waals surface area contributed by atoms with Gasteiger partial charge in [-0.3, -0.25) is 18.6 Å². The van der Waals surface area contributed by atoms with Crippen molar-refractivity contribution in [2.75, 3.05) is 26.4 Å². The van der Waals surface area contributed by atoms with E-state index in [4.69, 9.17) is 24.8 Å². The van der Waals surface area contributed by atoms with Crippen LogP contribution >= 0.6 is 7.82 Å². The summed E-state index contributed by atoms with van der Waals surface area (Å²) < 4.78 is 33.2. The van der Waals surface area contributed by atoms with Crippen molar-refractivity contribution >= 4 is 19.8 Å². The molecule has 0 aromatic rings. The first-order chi connectivity index (χ1) is 22.7. The molecule has 3 unspecified atom stereocenters. The predicted molar refractivity (Wildman–Crippen MR) is 189 cm³/mol. The Hall–Kier alpha value is -1.03. The molecule has 11 heteroatoms. The number of phosphoric ester groups is 1. The van der Waals surface area contributed by atoms with E-state index in [0.29, 0.717) is 6.61 Å². The lowest BCUT2D eigenvalue weighted by atomic mass is 10.0. The van der Waals surface area contributed by atoms with Gasteiger partial charge in [0, 0.05) is 13.0 Å². The maximum atomic E-state index is 12.5. The van der Waals surface area contributed by atoms with Crippen molar-refractivity contribution in [2.24, 2.45) is 5.73 Å². The monoisotopic (exact) mass is 693 g/mol. The Kier molecular flexibility index (Phi) is 32.7. The van der Waals surface area contributed by atoms with Crippen LogP contribution in [-0.2, 0) is 32.7 Å². The molecule has 0 radical (unpaired) electrons. The third kappa shape index (κ3) is 33.3. The van der Waals surface area contributed by atoms with Crippen molar-refractivity contribution in [3.05, 3.63) is 0 Å². The molecular formula is C36H72NO9P. The Morgan fingerprint density at radius 1 is 0.596 bits per heavy atom. The maximum Gasteiger partial charge on any atom is 0.472 e. The molecule has 280 valence electrons. The molecule has 0 aliphatic heterocycles. The van der Waals surface area contributed by atoms with E-state index < -0.39 is 45.1 Å². The highest BCUT2D eigenvalue weighted by atomic mass is 31.2. The summed E-state index contributed by atoms with van der Waals surface area (Å²) in [5.74, 6) is -1.77. The van der Waals surface area contributed by atoms with Crippen LogP contribution in [0.25, 0.3) is 0 Å². The summed E-state index contributed by atoms with van der Waals surface area (Å²) in [5.41, 5.74) is 5.33. The van der Waals surface area contributed by atoms with Gasteiger partial charge in [0.15, 0.2) is 0 Å². The first-order valence-corrected chi connectivity index (χ1v) is 20.6. The fourth-order valence-corrected chi connectivity index (χ4v) is 6.15. The number of rotatable bonds is 37. The number of phosphoric acid groups is 1. The number of hydrogen-bond donors (Lipinski definition) is 3. The number of esters is 1. The lowest BCUT2D eigenvalue weighted by Gasteiger charge is -2.20. The Morgan fingerprint density at radius 3 is 1.40 bits per heavy atom. The van der Waals surface area contributed by atoms with E-state index in [2.05, 4.69) is 18.4 Å². The molecule has 0 saturated carbocycles. The number of hydrogen-bond acceptors (Lipinski definition) is 8. The smallest absolute Gasteiger partial charge is 0.472 e. The van der Waals surface area contributed by atoms with Crippen molar-refractivity contribution in [1.82, 2.24) is 0 Å². The normalized spacial score (nSPS) is 14.1. The van der Waals surface area contributed by atoms with Crippen LogP contribution in [0.2, 0.25) is 0 Å². The minimum Gasteiger partial charge on any atom is -0.480 e. The van der Waals surface area contributed by atoms with Gasteiger partial charge in [-0.15, -0.1) is 0 Å². The number of carboxylic acid groups (broad SMARTS) is 1. The quantitative estimate of drug-likeness (QED) is 0.0325. The van der Waals surface area contributed by atoms with Crippen LogP contribution in [0.5, 0.6) is 0 Å². The molecule has 0 spiro atoms. The van der Waals surface area contributed by atoms with E-state index >= 15 is 0 Å². The molecule has 0 bridgehead atoms. The average Bonchev–Trinajstić information content (AvgIpc) is 3.04. The molecule has 0 rings (SSSR count). The number of unbranched alkanes of at least 4 members (excludes halogenated alkanes) is 23. The Labute approximate surface area is 287 Å². The van der Waals surface area contributed by atoms with E-state index in [0.717, 1.165) is 38.5 Å². The molecule has 0 amide bonds. The number of carboxylic acids is 1. The minimum absolute atomic E-state index is 0.0248. The van der Waals surface area contributed by atoms with Crippen LogP contribution < -0.4 is 5.73 Å². The topological polar surface area (TPSA) is 155 Å². The Morgan fingerprint density at radius 2 is 0.979 bits per heavy atom. The second kappa shape index (κ2) is 33.5. The predicted octanol–water partition coefficient (Wildman–Crippen LogP) is 9.64. The number of aliphatic carboxylic acids is 1. The van der Waals surface area contributed by atoms with Gasteiger partial charge < -0.3 is 25.2 Å².